The second-order valence-corrected chi connectivity index (χ2v) is 7.01. The predicted octanol–water partition coefficient (Wildman–Crippen LogP) is 4.56. The molecule has 0 saturated carbocycles. The average molecular weight is 362 g/mol. The van der Waals surface area contributed by atoms with Crippen LogP contribution in [0.2, 0.25) is 0 Å². The Hall–Kier alpha value is -2.86. The van der Waals surface area contributed by atoms with E-state index in [1.54, 1.807) is 6.20 Å². The molecule has 0 aliphatic carbocycles. The quantitative estimate of drug-likeness (QED) is 0.389. The van der Waals surface area contributed by atoms with Crippen molar-refractivity contribution >= 4 is 28.4 Å². The van der Waals surface area contributed by atoms with Crippen LogP contribution in [-0.2, 0) is 6.42 Å². The summed E-state index contributed by atoms with van der Waals surface area (Å²) in [4.78, 5) is 21.0. The monoisotopic (exact) mass is 362 g/mol. The van der Waals surface area contributed by atoms with Gasteiger partial charge < -0.3 is 4.98 Å². The van der Waals surface area contributed by atoms with Crippen molar-refractivity contribution in [2.75, 3.05) is 0 Å². The van der Waals surface area contributed by atoms with Crippen LogP contribution in [0.15, 0.2) is 66.0 Å². The van der Waals surface area contributed by atoms with Gasteiger partial charge in [-0.2, -0.15) is 0 Å². The van der Waals surface area contributed by atoms with Crippen LogP contribution in [0.3, 0.4) is 0 Å². The molecule has 0 aliphatic heterocycles. The van der Waals surface area contributed by atoms with Crippen LogP contribution < -0.4 is 0 Å². The summed E-state index contributed by atoms with van der Waals surface area (Å²) in [6.45, 7) is 2.01. The molecule has 0 saturated heterocycles. The van der Waals surface area contributed by atoms with Crippen LogP contribution >= 0.6 is 11.8 Å². The van der Waals surface area contributed by atoms with Crippen molar-refractivity contribution in [2.24, 2.45) is 0 Å². The SMILES string of the molecule is CCc1nc(SC(C(=O)c2c[nH]c3ccccc23)c2ccccc2)n[nH]1. The minimum Gasteiger partial charge on any atom is -0.360 e. The largest absolute Gasteiger partial charge is 0.360 e. The zero-order chi connectivity index (χ0) is 17.9. The van der Waals surface area contributed by atoms with Gasteiger partial charge >= 0.3 is 0 Å². The van der Waals surface area contributed by atoms with E-state index in [1.807, 2.05) is 61.5 Å². The number of nitrogens with one attached hydrogen (secondary N) is 2. The molecule has 0 spiro atoms. The van der Waals surface area contributed by atoms with Gasteiger partial charge in [-0.05, 0) is 11.6 Å². The van der Waals surface area contributed by atoms with Crippen LogP contribution in [0, 0.1) is 0 Å². The number of benzene rings is 2. The molecule has 26 heavy (non-hydrogen) atoms. The van der Waals surface area contributed by atoms with Gasteiger partial charge in [0.05, 0.1) is 0 Å². The van der Waals surface area contributed by atoms with Gasteiger partial charge in [0, 0.05) is 29.1 Å². The molecule has 6 heteroatoms. The lowest BCUT2D eigenvalue weighted by Crippen LogP contribution is -2.10. The first-order valence-corrected chi connectivity index (χ1v) is 9.37. The minimum atomic E-state index is -0.407. The highest BCUT2D eigenvalue weighted by Gasteiger charge is 2.27. The van der Waals surface area contributed by atoms with Gasteiger partial charge in [-0.15, -0.1) is 5.10 Å². The van der Waals surface area contributed by atoms with Crippen molar-refractivity contribution in [3.8, 4) is 0 Å². The van der Waals surface area contributed by atoms with E-state index in [-0.39, 0.29) is 5.78 Å². The Balaban J connectivity index is 1.73. The lowest BCUT2D eigenvalue weighted by Gasteiger charge is -2.14. The van der Waals surface area contributed by atoms with E-state index in [1.165, 1.54) is 11.8 Å². The molecule has 1 unspecified atom stereocenters. The van der Waals surface area contributed by atoms with Gasteiger partial charge in [0.15, 0.2) is 5.78 Å². The zero-order valence-corrected chi connectivity index (χ0v) is 15.1. The number of ketones is 1. The fourth-order valence-electron chi connectivity index (χ4n) is 2.91. The van der Waals surface area contributed by atoms with Gasteiger partial charge in [0.1, 0.15) is 11.1 Å². The van der Waals surface area contributed by atoms with Crippen molar-refractivity contribution in [2.45, 2.75) is 23.8 Å². The lowest BCUT2D eigenvalue weighted by molar-refractivity contribution is 0.0991. The minimum absolute atomic E-state index is 0.0431. The van der Waals surface area contributed by atoms with Crippen LogP contribution in [0.1, 0.15) is 33.9 Å². The van der Waals surface area contributed by atoms with Gasteiger partial charge in [0.2, 0.25) is 5.16 Å². The second kappa shape index (κ2) is 7.17. The number of carbonyl (C=O) groups is 1. The fraction of sp³-hybridized carbons (Fsp3) is 0.150. The summed E-state index contributed by atoms with van der Waals surface area (Å²) in [6.07, 6.45) is 2.57. The Labute approximate surface area is 155 Å². The Morgan fingerprint density at radius 1 is 1.12 bits per heavy atom. The standard InChI is InChI=1S/C20H18N4OS/c1-2-17-22-20(24-23-17)26-19(13-8-4-3-5-9-13)18(25)15-12-21-16-11-7-6-10-14(15)16/h3-12,19,21H,2H2,1H3,(H,22,23,24). The number of rotatable bonds is 6. The average Bonchev–Trinajstić information content (AvgIpc) is 3.33. The summed E-state index contributed by atoms with van der Waals surface area (Å²) in [5, 5.41) is 8.28. The topological polar surface area (TPSA) is 74.4 Å². The number of aromatic amines is 2. The molecule has 0 aliphatic rings. The number of aromatic nitrogens is 4. The number of thioether (sulfide) groups is 1. The highest BCUT2D eigenvalue weighted by atomic mass is 32.2. The molecule has 5 nitrogen and oxygen atoms in total. The molecule has 0 fully saturated rings. The molecular formula is C20H18N4OS. The Morgan fingerprint density at radius 3 is 2.65 bits per heavy atom. The number of hydrogen-bond acceptors (Lipinski definition) is 4. The maximum absolute atomic E-state index is 13.4. The predicted molar refractivity (Wildman–Crippen MR) is 103 cm³/mol. The third kappa shape index (κ3) is 3.15. The van der Waals surface area contributed by atoms with Gasteiger partial charge in [-0.1, -0.05) is 67.2 Å². The molecule has 2 N–H and O–H groups in total. The molecule has 2 heterocycles. The van der Waals surface area contributed by atoms with Crippen LogP contribution in [0.5, 0.6) is 0 Å². The molecule has 4 aromatic rings. The molecule has 2 aromatic heterocycles. The van der Waals surface area contributed by atoms with E-state index < -0.39 is 5.25 Å². The molecule has 1 atom stereocenters. The smallest absolute Gasteiger partial charge is 0.209 e. The molecule has 0 bridgehead atoms. The van der Waals surface area contributed by atoms with Crippen molar-refractivity contribution in [3.05, 3.63) is 77.7 Å². The number of carbonyl (C=O) groups excluding carboxylic acids is 1. The van der Waals surface area contributed by atoms with Crippen molar-refractivity contribution < 1.29 is 4.79 Å². The summed E-state index contributed by atoms with van der Waals surface area (Å²) in [7, 11) is 0. The fourth-order valence-corrected chi connectivity index (χ4v) is 3.91. The zero-order valence-electron chi connectivity index (χ0n) is 14.3. The maximum Gasteiger partial charge on any atom is 0.209 e. The number of fused-ring (bicyclic) bond motifs is 1. The van der Waals surface area contributed by atoms with E-state index in [4.69, 9.17) is 0 Å². The third-order valence-electron chi connectivity index (χ3n) is 4.26. The summed E-state index contributed by atoms with van der Waals surface area (Å²) in [6, 6.07) is 17.6. The van der Waals surface area contributed by atoms with E-state index in [0.29, 0.717) is 10.7 Å². The van der Waals surface area contributed by atoms with E-state index in [0.717, 1.165) is 28.7 Å². The summed E-state index contributed by atoms with van der Waals surface area (Å²) in [5.41, 5.74) is 2.59. The normalized spacial score (nSPS) is 12.3. The van der Waals surface area contributed by atoms with Crippen molar-refractivity contribution in [3.63, 3.8) is 0 Å². The van der Waals surface area contributed by atoms with E-state index in [9.17, 15) is 4.79 Å². The number of para-hydroxylation sites is 1. The lowest BCUT2D eigenvalue weighted by atomic mass is 10.0. The molecular weight excluding hydrogens is 344 g/mol. The van der Waals surface area contributed by atoms with Gasteiger partial charge in [0.25, 0.3) is 0 Å². The summed E-state index contributed by atoms with van der Waals surface area (Å²) < 4.78 is 0. The van der Waals surface area contributed by atoms with Crippen LogP contribution in [-0.4, -0.2) is 25.9 Å². The highest BCUT2D eigenvalue weighted by molar-refractivity contribution is 8.00. The molecule has 0 radical (unpaired) electrons. The van der Waals surface area contributed by atoms with E-state index in [2.05, 4.69) is 20.2 Å². The first-order chi connectivity index (χ1) is 12.8. The van der Waals surface area contributed by atoms with Crippen molar-refractivity contribution in [1.82, 2.24) is 20.2 Å². The summed E-state index contributed by atoms with van der Waals surface area (Å²) in [5.74, 6) is 0.861. The number of hydrogen-bond donors (Lipinski definition) is 2. The second-order valence-electron chi connectivity index (χ2n) is 5.94. The Bertz CT molecular complexity index is 1040. The third-order valence-corrected chi connectivity index (χ3v) is 5.38. The number of H-pyrrole nitrogens is 2. The Morgan fingerprint density at radius 2 is 1.88 bits per heavy atom. The molecule has 130 valence electrons. The molecule has 2 aromatic carbocycles. The van der Waals surface area contributed by atoms with Crippen LogP contribution in [0.25, 0.3) is 10.9 Å². The van der Waals surface area contributed by atoms with Crippen molar-refractivity contribution in [1.29, 1.82) is 0 Å². The van der Waals surface area contributed by atoms with Gasteiger partial charge in [-0.25, -0.2) is 4.98 Å². The summed E-state index contributed by atoms with van der Waals surface area (Å²) >= 11 is 1.38. The van der Waals surface area contributed by atoms with Gasteiger partial charge in [-0.3, -0.25) is 9.89 Å². The Kier molecular flexibility index (Phi) is 4.58. The molecule has 4 rings (SSSR count). The number of aryl methyl sites for hydroxylation is 1. The number of Topliss-reactive ketones (excluding diaryl/α,β-unsaturated/α-hetero) is 1. The first-order valence-electron chi connectivity index (χ1n) is 8.49. The van der Waals surface area contributed by atoms with Crippen LogP contribution in [0.4, 0.5) is 0 Å². The highest BCUT2D eigenvalue weighted by Crippen LogP contribution is 2.37. The first kappa shape index (κ1) is 16.6. The van der Waals surface area contributed by atoms with E-state index >= 15 is 0 Å². The number of nitrogens with zero attached hydrogens (tertiary/aromatic N) is 2. The maximum atomic E-state index is 13.4. The molecule has 0 amide bonds.